The molecule has 1 unspecified atom stereocenters. The fourth-order valence-electron chi connectivity index (χ4n) is 2.05. The van der Waals surface area contributed by atoms with Crippen molar-refractivity contribution in [2.75, 3.05) is 0 Å². The van der Waals surface area contributed by atoms with E-state index in [4.69, 9.17) is 0 Å². The lowest BCUT2D eigenvalue weighted by molar-refractivity contribution is 0.171. The molecule has 0 bridgehead atoms. The molecule has 0 saturated carbocycles. The molecule has 2 aromatic rings. The fraction of sp³-hybridized carbons (Fsp3) is 0.429. The molecule has 5 heteroatoms. The quantitative estimate of drug-likeness (QED) is 0.889. The van der Waals surface area contributed by atoms with Gasteiger partial charge in [-0.15, -0.1) is 0 Å². The third-order valence-electron chi connectivity index (χ3n) is 2.96. The first-order chi connectivity index (χ1) is 9.20. The number of rotatable bonds is 6. The molecule has 19 heavy (non-hydrogen) atoms. The zero-order valence-corrected chi connectivity index (χ0v) is 12.5. The molecule has 1 N–H and O–H groups in total. The van der Waals surface area contributed by atoms with E-state index in [-0.39, 0.29) is 0 Å². The van der Waals surface area contributed by atoms with Gasteiger partial charge in [-0.05, 0) is 24.5 Å². The van der Waals surface area contributed by atoms with Gasteiger partial charge >= 0.3 is 0 Å². The van der Waals surface area contributed by atoms with Crippen molar-refractivity contribution >= 4 is 15.9 Å². The van der Waals surface area contributed by atoms with Gasteiger partial charge in [0.15, 0.2) is 0 Å². The number of halogens is 1. The number of hydrogen-bond acceptors (Lipinski definition) is 3. The molecule has 0 aliphatic rings. The molecule has 1 aromatic heterocycles. The van der Waals surface area contributed by atoms with Crippen LogP contribution in [-0.4, -0.2) is 26.0 Å². The van der Waals surface area contributed by atoms with Crippen LogP contribution >= 0.6 is 15.9 Å². The Balaban J connectivity index is 1.99. The Morgan fingerprint density at radius 3 is 2.84 bits per heavy atom. The van der Waals surface area contributed by atoms with Crippen LogP contribution in [0.1, 0.15) is 24.7 Å². The second-order valence-electron chi connectivity index (χ2n) is 4.55. The second kappa shape index (κ2) is 6.82. The highest BCUT2D eigenvalue weighted by Gasteiger charge is 2.13. The number of aliphatic hydroxyl groups excluding tert-OH is 1. The number of benzene rings is 1. The summed E-state index contributed by atoms with van der Waals surface area (Å²) >= 11 is 3.50. The van der Waals surface area contributed by atoms with E-state index in [9.17, 15) is 5.11 Å². The first-order valence-electron chi connectivity index (χ1n) is 6.49. The monoisotopic (exact) mass is 323 g/mol. The van der Waals surface area contributed by atoms with Crippen LogP contribution in [0.2, 0.25) is 0 Å². The van der Waals surface area contributed by atoms with E-state index in [0.29, 0.717) is 12.8 Å². The molecule has 0 amide bonds. The zero-order chi connectivity index (χ0) is 13.7. The summed E-state index contributed by atoms with van der Waals surface area (Å²) in [6.07, 6.45) is 3.26. The first-order valence-corrected chi connectivity index (χ1v) is 7.28. The van der Waals surface area contributed by atoms with Gasteiger partial charge in [-0.3, -0.25) is 4.68 Å². The third-order valence-corrected chi connectivity index (χ3v) is 3.74. The Morgan fingerprint density at radius 1 is 1.32 bits per heavy atom. The van der Waals surface area contributed by atoms with Crippen molar-refractivity contribution in [1.82, 2.24) is 14.8 Å². The number of aryl methyl sites for hydroxylation is 1. The lowest BCUT2D eigenvalue weighted by atomic mass is 10.1. The average Bonchev–Trinajstić information content (AvgIpc) is 2.80. The van der Waals surface area contributed by atoms with Gasteiger partial charge in [0.25, 0.3) is 0 Å². The average molecular weight is 324 g/mol. The van der Waals surface area contributed by atoms with Crippen LogP contribution in [0, 0.1) is 0 Å². The van der Waals surface area contributed by atoms with Crippen molar-refractivity contribution in [3.63, 3.8) is 0 Å². The molecular weight excluding hydrogens is 306 g/mol. The molecule has 1 atom stereocenters. The van der Waals surface area contributed by atoms with Gasteiger partial charge in [-0.25, -0.2) is 4.98 Å². The summed E-state index contributed by atoms with van der Waals surface area (Å²) < 4.78 is 2.90. The Hall–Kier alpha value is -1.20. The highest BCUT2D eigenvalue weighted by atomic mass is 79.9. The maximum atomic E-state index is 10.2. The largest absolute Gasteiger partial charge is 0.392 e. The third kappa shape index (κ3) is 3.88. The van der Waals surface area contributed by atoms with E-state index in [1.165, 1.54) is 0 Å². The van der Waals surface area contributed by atoms with Crippen LogP contribution in [0.5, 0.6) is 0 Å². The second-order valence-corrected chi connectivity index (χ2v) is 5.41. The molecule has 1 aromatic carbocycles. The number of aromatic nitrogens is 3. The molecule has 102 valence electrons. The summed E-state index contributed by atoms with van der Waals surface area (Å²) in [7, 11) is 0. The number of hydrogen-bond donors (Lipinski definition) is 1. The van der Waals surface area contributed by atoms with Gasteiger partial charge in [0, 0.05) is 17.4 Å². The van der Waals surface area contributed by atoms with Gasteiger partial charge < -0.3 is 5.11 Å². The molecule has 0 aliphatic carbocycles. The topological polar surface area (TPSA) is 50.9 Å². The lowest BCUT2D eigenvalue weighted by Gasteiger charge is -2.12. The molecular formula is C14H18BrN3O. The molecule has 0 fully saturated rings. The van der Waals surface area contributed by atoms with Gasteiger partial charge in [0.05, 0.1) is 6.10 Å². The van der Waals surface area contributed by atoms with Crippen molar-refractivity contribution in [1.29, 1.82) is 0 Å². The molecule has 0 spiro atoms. The molecule has 1 heterocycles. The lowest BCUT2D eigenvalue weighted by Crippen LogP contribution is -2.18. The Kier molecular flexibility index (Phi) is 5.10. The molecule has 4 nitrogen and oxygen atoms in total. The van der Waals surface area contributed by atoms with Gasteiger partial charge in [0.2, 0.25) is 0 Å². The molecule has 0 radical (unpaired) electrons. The van der Waals surface area contributed by atoms with Gasteiger partial charge in [-0.2, -0.15) is 5.10 Å². The minimum absolute atomic E-state index is 0.446. The fourth-order valence-corrected chi connectivity index (χ4v) is 2.49. The normalized spacial score (nSPS) is 12.6. The van der Waals surface area contributed by atoms with Crippen molar-refractivity contribution in [3.8, 4) is 0 Å². The first kappa shape index (κ1) is 14.2. The summed E-state index contributed by atoms with van der Waals surface area (Å²) in [4.78, 5) is 4.22. The summed E-state index contributed by atoms with van der Waals surface area (Å²) in [5, 5.41) is 14.4. The summed E-state index contributed by atoms with van der Waals surface area (Å²) in [5.41, 5.74) is 1.11. The standard InChI is InChI=1S/C14H18BrN3O/c1-2-7-18-14(16-10-17-18)9-12(19)8-11-5-3-4-6-13(11)15/h3-6,10,12,19H,2,7-9H2,1H3. The zero-order valence-electron chi connectivity index (χ0n) is 11.0. The maximum Gasteiger partial charge on any atom is 0.138 e. The summed E-state index contributed by atoms with van der Waals surface area (Å²) in [6.45, 7) is 2.94. The predicted molar refractivity (Wildman–Crippen MR) is 77.9 cm³/mol. The maximum absolute atomic E-state index is 10.2. The smallest absolute Gasteiger partial charge is 0.138 e. The number of nitrogens with zero attached hydrogens (tertiary/aromatic N) is 3. The van der Waals surface area contributed by atoms with E-state index in [1.54, 1.807) is 6.33 Å². The van der Waals surface area contributed by atoms with E-state index < -0.39 is 6.10 Å². The summed E-state index contributed by atoms with van der Waals surface area (Å²) in [6, 6.07) is 7.95. The van der Waals surface area contributed by atoms with E-state index in [2.05, 4.69) is 32.9 Å². The highest BCUT2D eigenvalue weighted by Crippen LogP contribution is 2.18. The Morgan fingerprint density at radius 2 is 2.11 bits per heavy atom. The van der Waals surface area contributed by atoms with Gasteiger partial charge in [0.1, 0.15) is 12.2 Å². The highest BCUT2D eigenvalue weighted by molar-refractivity contribution is 9.10. The van der Waals surface area contributed by atoms with Crippen LogP contribution in [0.4, 0.5) is 0 Å². The Labute approximate surface area is 121 Å². The van der Waals surface area contributed by atoms with Crippen LogP contribution in [0.3, 0.4) is 0 Å². The van der Waals surface area contributed by atoms with Crippen molar-refractivity contribution in [3.05, 3.63) is 46.5 Å². The minimum atomic E-state index is -0.446. The molecule has 2 rings (SSSR count). The van der Waals surface area contributed by atoms with E-state index in [0.717, 1.165) is 28.8 Å². The molecule has 0 saturated heterocycles. The predicted octanol–water partition coefficient (Wildman–Crippen LogP) is 2.60. The van der Waals surface area contributed by atoms with Gasteiger partial charge in [-0.1, -0.05) is 41.1 Å². The van der Waals surface area contributed by atoms with E-state index in [1.807, 2.05) is 28.9 Å². The van der Waals surface area contributed by atoms with Crippen LogP contribution in [0.15, 0.2) is 35.1 Å². The van der Waals surface area contributed by atoms with Crippen molar-refractivity contribution in [2.45, 2.75) is 38.8 Å². The van der Waals surface area contributed by atoms with E-state index >= 15 is 0 Å². The van der Waals surface area contributed by atoms with Crippen molar-refractivity contribution in [2.24, 2.45) is 0 Å². The van der Waals surface area contributed by atoms with Crippen LogP contribution in [0.25, 0.3) is 0 Å². The summed E-state index contributed by atoms with van der Waals surface area (Å²) in [5.74, 6) is 0.849. The SMILES string of the molecule is CCCn1ncnc1CC(O)Cc1ccccc1Br. The van der Waals surface area contributed by atoms with Crippen LogP contribution in [-0.2, 0) is 19.4 Å². The van der Waals surface area contributed by atoms with Crippen LogP contribution < -0.4 is 0 Å². The minimum Gasteiger partial charge on any atom is -0.392 e. The number of aliphatic hydroxyl groups is 1. The van der Waals surface area contributed by atoms with Crippen molar-refractivity contribution < 1.29 is 5.11 Å². The molecule has 0 aliphatic heterocycles. The Bertz CT molecular complexity index is 527.